The standard InChI is InChI=1S/C11H10N2O3/c1-15-11-12-7-9(10(14)13-11)16-8-5-3-2-4-6-8/h2-7H,1H3,(H,12,13,14). The average Bonchev–Trinajstić information content (AvgIpc) is 2.33. The van der Waals surface area contributed by atoms with Crippen LogP contribution in [0, 0.1) is 0 Å². The van der Waals surface area contributed by atoms with E-state index in [4.69, 9.17) is 9.47 Å². The monoisotopic (exact) mass is 218 g/mol. The third-order valence-electron chi connectivity index (χ3n) is 1.91. The average molecular weight is 218 g/mol. The van der Waals surface area contributed by atoms with Gasteiger partial charge in [0.25, 0.3) is 11.6 Å². The number of nitrogens with zero attached hydrogens (tertiary/aromatic N) is 1. The fraction of sp³-hybridized carbons (Fsp3) is 0.0909. The lowest BCUT2D eigenvalue weighted by Crippen LogP contribution is -2.10. The lowest BCUT2D eigenvalue weighted by molar-refractivity contribution is 0.373. The summed E-state index contributed by atoms with van der Waals surface area (Å²) in [6.45, 7) is 0. The minimum atomic E-state index is -0.379. The molecule has 5 heteroatoms. The highest BCUT2D eigenvalue weighted by Gasteiger charge is 2.04. The van der Waals surface area contributed by atoms with Gasteiger partial charge in [-0.25, -0.2) is 4.98 Å². The predicted molar refractivity (Wildman–Crippen MR) is 57.9 cm³/mol. The van der Waals surface area contributed by atoms with Crippen LogP contribution in [0.2, 0.25) is 0 Å². The molecule has 1 aromatic carbocycles. The molecule has 0 bridgehead atoms. The van der Waals surface area contributed by atoms with Crippen molar-refractivity contribution in [3.63, 3.8) is 0 Å². The minimum absolute atomic E-state index is 0.131. The molecule has 0 saturated carbocycles. The fourth-order valence-electron chi connectivity index (χ4n) is 1.16. The molecule has 2 aromatic rings. The molecule has 2 rings (SSSR count). The van der Waals surface area contributed by atoms with Crippen molar-refractivity contribution in [2.75, 3.05) is 7.11 Å². The van der Waals surface area contributed by atoms with Gasteiger partial charge in [0.1, 0.15) is 5.75 Å². The zero-order valence-corrected chi connectivity index (χ0v) is 8.64. The normalized spacial score (nSPS) is 9.81. The molecule has 1 N–H and O–H groups in total. The molecule has 0 aliphatic heterocycles. The summed E-state index contributed by atoms with van der Waals surface area (Å²) in [5.41, 5.74) is -0.379. The number of H-pyrrole nitrogens is 1. The molecule has 1 heterocycles. The van der Waals surface area contributed by atoms with E-state index < -0.39 is 0 Å². The molecule has 0 atom stereocenters. The van der Waals surface area contributed by atoms with Crippen LogP contribution in [0.25, 0.3) is 0 Å². The Kier molecular flexibility index (Phi) is 2.86. The Morgan fingerprint density at radius 3 is 2.62 bits per heavy atom. The Morgan fingerprint density at radius 2 is 2.00 bits per heavy atom. The van der Waals surface area contributed by atoms with Crippen molar-refractivity contribution in [3.05, 3.63) is 46.9 Å². The molecular weight excluding hydrogens is 208 g/mol. The lowest BCUT2D eigenvalue weighted by Gasteiger charge is -2.04. The third kappa shape index (κ3) is 2.20. The Hall–Kier alpha value is -2.30. The van der Waals surface area contributed by atoms with Crippen LogP contribution in [-0.4, -0.2) is 17.1 Å². The number of methoxy groups -OCH3 is 1. The first-order chi connectivity index (χ1) is 7.79. The van der Waals surface area contributed by atoms with E-state index in [0.717, 1.165) is 0 Å². The number of ether oxygens (including phenoxy) is 2. The Morgan fingerprint density at radius 1 is 1.25 bits per heavy atom. The van der Waals surface area contributed by atoms with E-state index in [1.807, 2.05) is 18.2 Å². The minimum Gasteiger partial charge on any atom is -0.468 e. The summed E-state index contributed by atoms with van der Waals surface area (Å²) < 4.78 is 10.1. The smallest absolute Gasteiger partial charge is 0.296 e. The predicted octanol–water partition coefficient (Wildman–Crippen LogP) is 1.57. The number of rotatable bonds is 3. The van der Waals surface area contributed by atoms with Crippen LogP contribution in [0.4, 0.5) is 0 Å². The molecule has 1 aromatic heterocycles. The summed E-state index contributed by atoms with van der Waals surface area (Å²) in [6, 6.07) is 9.17. The number of aromatic nitrogens is 2. The maximum absolute atomic E-state index is 11.5. The second kappa shape index (κ2) is 4.48. The van der Waals surface area contributed by atoms with Crippen LogP contribution >= 0.6 is 0 Å². The summed E-state index contributed by atoms with van der Waals surface area (Å²) in [5, 5.41) is 0. The van der Waals surface area contributed by atoms with Gasteiger partial charge >= 0.3 is 0 Å². The van der Waals surface area contributed by atoms with Gasteiger partial charge in [0, 0.05) is 0 Å². The SMILES string of the molecule is COc1ncc(Oc2ccccc2)c(=O)[nH]1. The molecule has 0 spiro atoms. The summed E-state index contributed by atoms with van der Waals surface area (Å²) in [4.78, 5) is 17.8. The lowest BCUT2D eigenvalue weighted by atomic mass is 10.3. The highest BCUT2D eigenvalue weighted by molar-refractivity contribution is 5.27. The Bertz CT molecular complexity index is 522. The molecule has 0 radical (unpaired) electrons. The van der Waals surface area contributed by atoms with Gasteiger partial charge in [-0.05, 0) is 12.1 Å². The summed E-state index contributed by atoms with van der Waals surface area (Å²) in [6.07, 6.45) is 1.32. The summed E-state index contributed by atoms with van der Waals surface area (Å²) in [7, 11) is 1.43. The molecule has 0 aliphatic rings. The van der Waals surface area contributed by atoms with Crippen molar-refractivity contribution >= 4 is 0 Å². The zero-order chi connectivity index (χ0) is 11.4. The van der Waals surface area contributed by atoms with Crippen LogP contribution in [0.3, 0.4) is 0 Å². The van der Waals surface area contributed by atoms with Crippen molar-refractivity contribution in [1.82, 2.24) is 9.97 Å². The van der Waals surface area contributed by atoms with Gasteiger partial charge in [-0.3, -0.25) is 9.78 Å². The van der Waals surface area contributed by atoms with Gasteiger partial charge in [0.05, 0.1) is 13.3 Å². The second-order valence-electron chi connectivity index (χ2n) is 3.00. The molecule has 0 saturated heterocycles. The van der Waals surface area contributed by atoms with E-state index in [0.29, 0.717) is 5.75 Å². The number of para-hydroxylation sites is 1. The molecule has 5 nitrogen and oxygen atoms in total. The first-order valence-corrected chi connectivity index (χ1v) is 4.66. The molecule has 0 aliphatic carbocycles. The summed E-state index contributed by atoms with van der Waals surface area (Å²) >= 11 is 0. The van der Waals surface area contributed by atoms with Gasteiger partial charge in [-0.1, -0.05) is 18.2 Å². The Labute approximate surface area is 91.7 Å². The topological polar surface area (TPSA) is 64.2 Å². The maximum atomic E-state index is 11.5. The van der Waals surface area contributed by atoms with Gasteiger partial charge in [0.2, 0.25) is 5.75 Å². The van der Waals surface area contributed by atoms with E-state index >= 15 is 0 Å². The zero-order valence-electron chi connectivity index (χ0n) is 8.64. The van der Waals surface area contributed by atoms with Gasteiger partial charge in [0.15, 0.2) is 0 Å². The van der Waals surface area contributed by atoms with Crippen LogP contribution in [-0.2, 0) is 0 Å². The highest BCUT2D eigenvalue weighted by Crippen LogP contribution is 2.16. The van der Waals surface area contributed by atoms with E-state index in [2.05, 4.69) is 9.97 Å². The van der Waals surface area contributed by atoms with Gasteiger partial charge in [-0.15, -0.1) is 0 Å². The number of aromatic amines is 1. The van der Waals surface area contributed by atoms with Gasteiger partial charge in [-0.2, -0.15) is 0 Å². The van der Waals surface area contributed by atoms with Crippen molar-refractivity contribution in [3.8, 4) is 17.5 Å². The molecular formula is C11H10N2O3. The largest absolute Gasteiger partial charge is 0.468 e. The van der Waals surface area contributed by atoms with Crippen LogP contribution in [0.1, 0.15) is 0 Å². The first-order valence-electron chi connectivity index (χ1n) is 4.66. The van der Waals surface area contributed by atoms with E-state index in [9.17, 15) is 4.79 Å². The second-order valence-corrected chi connectivity index (χ2v) is 3.00. The fourth-order valence-corrected chi connectivity index (χ4v) is 1.16. The summed E-state index contributed by atoms with van der Waals surface area (Å²) in [5.74, 6) is 0.715. The third-order valence-corrected chi connectivity index (χ3v) is 1.91. The van der Waals surface area contributed by atoms with Crippen molar-refractivity contribution in [2.45, 2.75) is 0 Å². The number of hydrogen-bond acceptors (Lipinski definition) is 4. The number of benzene rings is 1. The van der Waals surface area contributed by atoms with E-state index in [1.54, 1.807) is 12.1 Å². The van der Waals surface area contributed by atoms with Crippen molar-refractivity contribution < 1.29 is 9.47 Å². The molecule has 0 unspecified atom stereocenters. The first kappa shape index (κ1) is 10.2. The quantitative estimate of drug-likeness (QED) is 0.849. The highest BCUT2D eigenvalue weighted by atomic mass is 16.5. The molecule has 82 valence electrons. The molecule has 0 amide bonds. The maximum Gasteiger partial charge on any atom is 0.296 e. The number of nitrogens with one attached hydrogen (secondary N) is 1. The molecule has 0 fully saturated rings. The molecule has 16 heavy (non-hydrogen) atoms. The Balaban J connectivity index is 2.26. The van der Waals surface area contributed by atoms with Crippen LogP contribution in [0.15, 0.2) is 41.3 Å². The number of hydrogen-bond donors (Lipinski definition) is 1. The van der Waals surface area contributed by atoms with Crippen molar-refractivity contribution in [2.24, 2.45) is 0 Å². The van der Waals surface area contributed by atoms with E-state index in [1.165, 1.54) is 13.3 Å². The van der Waals surface area contributed by atoms with Crippen LogP contribution in [0.5, 0.6) is 17.5 Å². The van der Waals surface area contributed by atoms with Crippen LogP contribution < -0.4 is 15.0 Å². The van der Waals surface area contributed by atoms with Crippen molar-refractivity contribution in [1.29, 1.82) is 0 Å². The van der Waals surface area contributed by atoms with E-state index in [-0.39, 0.29) is 17.3 Å². The van der Waals surface area contributed by atoms with Gasteiger partial charge < -0.3 is 9.47 Å².